The Kier molecular flexibility index (Phi) is 5.45. The number of aryl methyl sites for hydroxylation is 1. The molecule has 1 heterocycles. The van der Waals surface area contributed by atoms with Gasteiger partial charge in [0.05, 0.1) is 6.54 Å². The second-order valence-electron chi connectivity index (χ2n) is 4.70. The van der Waals surface area contributed by atoms with Gasteiger partial charge in [-0.05, 0) is 31.2 Å². The standard InChI is InChI=1S/C15H20N4O2/c1-3-13-18-15(21-19-13)12-6-4-11(5-7-12)8-9-17-14(20)10-16-2/h4-7,16H,3,8-10H2,1-2H3,(H,17,20). The molecular weight excluding hydrogens is 268 g/mol. The number of nitrogens with one attached hydrogen (secondary N) is 2. The van der Waals surface area contributed by atoms with Crippen LogP contribution in [-0.4, -0.2) is 36.2 Å². The molecule has 0 aliphatic carbocycles. The number of carbonyl (C=O) groups is 1. The maximum atomic E-state index is 11.3. The maximum Gasteiger partial charge on any atom is 0.257 e. The van der Waals surface area contributed by atoms with E-state index >= 15 is 0 Å². The minimum absolute atomic E-state index is 0.00655. The minimum atomic E-state index is 0.00655. The molecule has 2 aromatic rings. The fourth-order valence-electron chi connectivity index (χ4n) is 1.90. The topological polar surface area (TPSA) is 80.0 Å². The Balaban J connectivity index is 1.88. The van der Waals surface area contributed by atoms with Gasteiger partial charge in [-0.25, -0.2) is 0 Å². The van der Waals surface area contributed by atoms with Crippen LogP contribution in [0.1, 0.15) is 18.3 Å². The number of carbonyl (C=O) groups excluding carboxylic acids is 1. The molecule has 6 heteroatoms. The lowest BCUT2D eigenvalue weighted by Crippen LogP contribution is -2.33. The SMILES string of the molecule is CCc1noc(-c2ccc(CCNC(=O)CNC)cc2)n1. The Morgan fingerprint density at radius 2 is 2.05 bits per heavy atom. The molecule has 1 aromatic carbocycles. The Labute approximate surface area is 123 Å². The Morgan fingerprint density at radius 1 is 1.29 bits per heavy atom. The van der Waals surface area contributed by atoms with Crippen molar-refractivity contribution in [2.45, 2.75) is 19.8 Å². The largest absolute Gasteiger partial charge is 0.355 e. The molecule has 0 saturated heterocycles. The summed E-state index contributed by atoms with van der Waals surface area (Å²) >= 11 is 0. The lowest BCUT2D eigenvalue weighted by atomic mass is 10.1. The van der Waals surface area contributed by atoms with Gasteiger partial charge in [0.1, 0.15) is 0 Å². The van der Waals surface area contributed by atoms with Gasteiger partial charge in [-0.15, -0.1) is 0 Å². The molecule has 1 aromatic heterocycles. The Bertz CT molecular complexity index is 578. The van der Waals surface area contributed by atoms with Gasteiger partial charge in [-0.1, -0.05) is 24.2 Å². The highest BCUT2D eigenvalue weighted by atomic mass is 16.5. The van der Waals surface area contributed by atoms with Gasteiger partial charge >= 0.3 is 0 Å². The molecule has 112 valence electrons. The number of hydrogen-bond donors (Lipinski definition) is 2. The van der Waals surface area contributed by atoms with E-state index in [1.54, 1.807) is 7.05 Å². The first-order valence-electron chi connectivity index (χ1n) is 7.06. The molecule has 6 nitrogen and oxygen atoms in total. The van der Waals surface area contributed by atoms with E-state index in [-0.39, 0.29) is 5.91 Å². The van der Waals surface area contributed by atoms with Crippen molar-refractivity contribution in [1.82, 2.24) is 20.8 Å². The smallest absolute Gasteiger partial charge is 0.257 e. The summed E-state index contributed by atoms with van der Waals surface area (Å²) in [4.78, 5) is 15.6. The molecule has 0 aliphatic heterocycles. The third kappa shape index (κ3) is 4.39. The lowest BCUT2D eigenvalue weighted by Gasteiger charge is -2.05. The molecule has 1 amide bonds. The predicted octanol–water partition coefficient (Wildman–Crippen LogP) is 1.18. The summed E-state index contributed by atoms with van der Waals surface area (Å²) in [6.07, 6.45) is 1.55. The number of likely N-dealkylation sites (N-methyl/N-ethyl adjacent to an activating group) is 1. The summed E-state index contributed by atoms with van der Waals surface area (Å²) in [6, 6.07) is 7.93. The summed E-state index contributed by atoms with van der Waals surface area (Å²) < 4.78 is 5.20. The van der Waals surface area contributed by atoms with Gasteiger partial charge in [0.15, 0.2) is 5.82 Å². The van der Waals surface area contributed by atoms with E-state index in [0.717, 1.165) is 24.0 Å². The van der Waals surface area contributed by atoms with Gasteiger partial charge in [-0.2, -0.15) is 4.98 Å². The molecule has 0 aliphatic rings. The van der Waals surface area contributed by atoms with Crippen LogP contribution in [0.3, 0.4) is 0 Å². The number of hydrogen-bond acceptors (Lipinski definition) is 5. The molecule has 0 unspecified atom stereocenters. The zero-order valence-electron chi connectivity index (χ0n) is 12.3. The van der Waals surface area contributed by atoms with Crippen LogP contribution in [-0.2, 0) is 17.6 Å². The van der Waals surface area contributed by atoms with Crippen LogP contribution >= 0.6 is 0 Å². The molecule has 0 radical (unpaired) electrons. The number of amides is 1. The van der Waals surface area contributed by atoms with E-state index < -0.39 is 0 Å². The van der Waals surface area contributed by atoms with Crippen LogP contribution in [0.25, 0.3) is 11.5 Å². The first-order chi connectivity index (χ1) is 10.2. The van der Waals surface area contributed by atoms with Crippen LogP contribution in [0.4, 0.5) is 0 Å². The monoisotopic (exact) mass is 288 g/mol. The summed E-state index contributed by atoms with van der Waals surface area (Å²) in [5, 5.41) is 9.54. The average molecular weight is 288 g/mol. The summed E-state index contributed by atoms with van der Waals surface area (Å²) in [5.74, 6) is 1.26. The van der Waals surface area contributed by atoms with Crippen LogP contribution in [0.5, 0.6) is 0 Å². The van der Waals surface area contributed by atoms with Gasteiger partial charge in [0.25, 0.3) is 5.89 Å². The predicted molar refractivity (Wildman–Crippen MR) is 79.8 cm³/mol. The van der Waals surface area contributed by atoms with Crippen LogP contribution in [0.2, 0.25) is 0 Å². The van der Waals surface area contributed by atoms with E-state index in [2.05, 4.69) is 20.8 Å². The highest BCUT2D eigenvalue weighted by Crippen LogP contribution is 2.18. The molecule has 0 atom stereocenters. The second-order valence-corrected chi connectivity index (χ2v) is 4.70. The van der Waals surface area contributed by atoms with Gasteiger partial charge in [0.2, 0.25) is 5.91 Å². The van der Waals surface area contributed by atoms with Crippen molar-refractivity contribution in [2.75, 3.05) is 20.1 Å². The molecule has 21 heavy (non-hydrogen) atoms. The first-order valence-corrected chi connectivity index (χ1v) is 7.06. The first kappa shape index (κ1) is 15.2. The van der Waals surface area contributed by atoms with Crippen molar-refractivity contribution in [3.05, 3.63) is 35.7 Å². The normalized spacial score (nSPS) is 10.6. The number of benzene rings is 1. The van der Waals surface area contributed by atoms with E-state index in [1.807, 2.05) is 31.2 Å². The molecular formula is C15H20N4O2. The van der Waals surface area contributed by atoms with Crippen molar-refractivity contribution < 1.29 is 9.32 Å². The number of nitrogens with zero attached hydrogens (tertiary/aromatic N) is 2. The summed E-state index contributed by atoms with van der Waals surface area (Å²) in [5.41, 5.74) is 2.06. The van der Waals surface area contributed by atoms with E-state index in [0.29, 0.717) is 24.8 Å². The van der Waals surface area contributed by atoms with E-state index in [4.69, 9.17) is 4.52 Å². The minimum Gasteiger partial charge on any atom is -0.355 e. The molecule has 2 N–H and O–H groups in total. The Morgan fingerprint density at radius 3 is 2.67 bits per heavy atom. The van der Waals surface area contributed by atoms with Crippen LogP contribution in [0, 0.1) is 0 Å². The molecule has 0 saturated carbocycles. The van der Waals surface area contributed by atoms with Gasteiger partial charge in [-0.3, -0.25) is 4.79 Å². The average Bonchev–Trinajstić information content (AvgIpc) is 2.97. The highest BCUT2D eigenvalue weighted by molar-refractivity contribution is 5.77. The molecule has 2 rings (SSSR count). The van der Waals surface area contributed by atoms with Crippen molar-refractivity contribution in [2.24, 2.45) is 0 Å². The number of rotatable bonds is 7. The zero-order chi connectivity index (χ0) is 15.1. The maximum absolute atomic E-state index is 11.3. The van der Waals surface area contributed by atoms with Crippen molar-refractivity contribution in [3.63, 3.8) is 0 Å². The van der Waals surface area contributed by atoms with Crippen LogP contribution < -0.4 is 10.6 Å². The van der Waals surface area contributed by atoms with Crippen LogP contribution in [0.15, 0.2) is 28.8 Å². The fraction of sp³-hybridized carbons (Fsp3) is 0.400. The Hall–Kier alpha value is -2.21. The lowest BCUT2D eigenvalue weighted by molar-refractivity contribution is -0.120. The van der Waals surface area contributed by atoms with Gasteiger partial charge in [0, 0.05) is 18.5 Å². The highest BCUT2D eigenvalue weighted by Gasteiger charge is 2.07. The fourth-order valence-corrected chi connectivity index (χ4v) is 1.90. The number of aromatic nitrogens is 2. The zero-order valence-corrected chi connectivity index (χ0v) is 12.3. The van der Waals surface area contributed by atoms with Crippen molar-refractivity contribution in [3.8, 4) is 11.5 Å². The summed E-state index contributed by atoms with van der Waals surface area (Å²) in [7, 11) is 1.75. The van der Waals surface area contributed by atoms with E-state index in [9.17, 15) is 4.79 Å². The molecule has 0 fully saturated rings. The van der Waals surface area contributed by atoms with Crippen molar-refractivity contribution in [1.29, 1.82) is 0 Å². The quantitative estimate of drug-likeness (QED) is 0.799. The van der Waals surface area contributed by atoms with E-state index in [1.165, 1.54) is 0 Å². The third-order valence-electron chi connectivity index (χ3n) is 3.06. The van der Waals surface area contributed by atoms with Gasteiger partial charge < -0.3 is 15.2 Å². The molecule has 0 spiro atoms. The second kappa shape index (κ2) is 7.54. The van der Waals surface area contributed by atoms with Crippen molar-refractivity contribution >= 4 is 5.91 Å². The third-order valence-corrected chi connectivity index (χ3v) is 3.06. The summed E-state index contributed by atoms with van der Waals surface area (Å²) in [6.45, 7) is 2.95. The molecule has 0 bridgehead atoms.